The topological polar surface area (TPSA) is 27.7 Å². The number of hydrogen-bond acceptors (Lipinski definition) is 3. The number of benzene rings is 3. The van der Waals surface area contributed by atoms with E-state index in [0.717, 1.165) is 22.3 Å². The third-order valence-electron chi connectivity index (χ3n) is 4.87. The van der Waals surface area contributed by atoms with Gasteiger partial charge in [0.2, 0.25) is 0 Å². The predicted molar refractivity (Wildman–Crippen MR) is 158 cm³/mol. The van der Waals surface area contributed by atoms with Gasteiger partial charge in [0.15, 0.2) is 5.75 Å². The van der Waals surface area contributed by atoms with Crippen molar-refractivity contribution in [3.05, 3.63) is 80.6 Å². The SMILES string of the molecule is COc1c(Cl)cc(Cl)c(C)c1Cl.COc1cc(C)c(Cl)c(C)c1Cl.COc1cc(C)c(Cl)c(Cl)c1Cl. The molecule has 0 bridgehead atoms. The van der Waals surface area contributed by atoms with Crippen LogP contribution in [-0.4, -0.2) is 21.3 Å². The molecule has 0 unspecified atom stereocenters. The highest BCUT2D eigenvalue weighted by Crippen LogP contribution is 2.40. The van der Waals surface area contributed by atoms with E-state index >= 15 is 0 Å². The van der Waals surface area contributed by atoms with Crippen LogP contribution in [0.25, 0.3) is 0 Å². The maximum Gasteiger partial charge on any atom is 0.156 e. The van der Waals surface area contributed by atoms with Crippen molar-refractivity contribution in [3.63, 3.8) is 0 Å². The number of rotatable bonds is 3. The molecule has 3 aromatic rings. The number of methoxy groups -OCH3 is 3. The van der Waals surface area contributed by atoms with E-state index in [-0.39, 0.29) is 0 Å². The van der Waals surface area contributed by atoms with Gasteiger partial charge in [-0.2, -0.15) is 0 Å². The van der Waals surface area contributed by atoms with Crippen LogP contribution in [0, 0.1) is 27.7 Å². The van der Waals surface area contributed by atoms with Crippen LogP contribution in [0.2, 0.25) is 40.2 Å². The molecule has 11 heteroatoms. The Labute approximate surface area is 252 Å². The van der Waals surface area contributed by atoms with Gasteiger partial charge in [0.05, 0.1) is 46.4 Å². The zero-order valence-corrected chi connectivity index (χ0v) is 26.5. The average Bonchev–Trinajstić information content (AvgIpc) is 2.85. The van der Waals surface area contributed by atoms with E-state index in [1.165, 1.54) is 14.2 Å². The Balaban J connectivity index is 0.000000270. The van der Waals surface area contributed by atoms with Crippen LogP contribution in [-0.2, 0) is 0 Å². The lowest BCUT2D eigenvalue weighted by Gasteiger charge is -2.09. The Hall–Kier alpha value is -0.620. The molecule has 0 saturated heterocycles. The van der Waals surface area contributed by atoms with E-state index in [4.69, 9.17) is 107 Å². The van der Waals surface area contributed by atoms with Crippen LogP contribution < -0.4 is 14.2 Å². The predicted octanol–water partition coefficient (Wildman–Crippen LogP) is 11.5. The van der Waals surface area contributed by atoms with E-state index in [2.05, 4.69) is 0 Å². The lowest BCUT2D eigenvalue weighted by Crippen LogP contribution is -1.89. The zero-order chi connectivity index (χ0) is 27.9. The van der Waals surface area contributed by atoms with Crippen molar-refractivity contribution in [1.29, 1.82) is 0 Å². The molecule has 0 N–H and O–H groups in total. The molecule has 0 aliphatic heterocycles. The summed E-state index contributed by atoms with van der Waals surface area (Å²) in [4.78, 5) is 0. The fraction of sp³-hybridized carbons (Fsp3) is 0.280. The summed E-state index contributed by atoms with van der Waals surface area (Å²) in [5.41, 5.74) is 3.48. The van der Waals surface area contributed by atoms with E-state index in [1.54, 1.807) is 19.2 Å². The fourth-order valence-corrected chi connectivity index (χ4v) is 4.76. The van der Waals surface area contributed by atoms with Crippen LogP contribution in [0.15, 0.2) is 18.2 Å². The maximum absolute atomic E-state index is 5.97. The molecule has 0 spiro atoms. The van der Waals surface area contributed by atoms with Gasteiger partial charge < -0.3 is 14.2 Å². The van der Waals surface area contributed by atoms with Crippen LogP contribution in [0.5, 0.6) is 17.2 Å². The molecule has 3 rings (SSSR count). The average molecular weight is 656 g/mol. The first-order chi connectivity index (χ1) is 16.7. The standard InChI is InChI=1S/C9H10Cl2O.2C8H7Cl3O/c1-5-4-7(12-3)9(11)6(2)8(5)10;1-4-5(9)3-6(10)8(12-2)7(4)11;1-4-3-5(12-2)7(10)8(11)6(4)9/h4H,1-3H3;2*3H,1-2H3. The van der Waals surface area contributed by atoms with Crippen molar-refractivity contribution in [3.8, 4) is 17.2 Å². The second-order valence-corrected chi connectivity index (χ2v) is 10.4. The summed E-state index contributed by atoms with van der Waals surface area (Å²) in [7, 11) is 4.64. The van der Waals surface area contributed by atoms with Crippen molar-refractivity contribution in [1.82, 2.24) is 0 Å². The summed E-state index contributed by atoms with van der Waals surface area (Å²) in [5.74, 6) is 1.69. The molecule has 0 aliphatic carbocycles. The Morgan fingerprint density at radius 2 is 0.917 bits per heavy atom. The Morgan fingerprint density at radius 1 is 0.444 bits per heavy atom. The van der Waals surface area contributed by atoms with Crippen molar-refractivity contribution in [2.45, 2.75) is 27.7 Å². The molecule has 0 heterocycles. The molecule has 0 fully saturated rings. The third kappa shape index (κ3) is 8.19. The summed E-state index contributed by atoms with van der Waals surface area (Å²) in [6, 6.07) is 5.19. The first-order valence-electron chi connectivity index (χ1n) is 10.1. The first kappa shape index (κ1) is 33.4. The van der Waals surface area contributed by atoms with Gasteiger partial charge in [-0.05, 0) is 68.1 Å². The molecule has 0 aliphatic rings. The van der Waals surface area contributed by atoms with Gasteiger partial charge >= 0.3 is 0 Å². The monoisotopic (exact) mass is 652 g/mol. The van der Waals surface area contributed by atoms with E-state index in [9.17, 15) is 0 Å². The number of aryl methyl sites for hydroxylation is 2. The highest BCUT2D eigenvalue weighted by Gasteiger charge is 2.13. The molecule has 3 aromatic carbocycles. The molecular formula is C25H24Cl8O3. The van der Waals surface area contributed by atoms with Crippen molar-refractivity contribution < 1.29 is 14.2 Å². The van der Waals surface area contributed by atoms with Crippen molar-refractivity contribution in [2.24, 2.45) is 0 Å². The maximum atomic E-state index is 5.97. The second kappa shape index (κ2) is 15.1. The van der Waals surface area contributed by atoms with E-state index < -0.39 is 0 Å². The minimum absolute atomic E-state index is 0.343. The fourth-order valence-electron chi connectivity index (χ4n) is 2.75. The van der Waals surface area contributed by atoms with Gasteiger partial charge in [0.25, 0.3) is 0 Å². The molecule has 36 heavy (non-hydrogen) atoms. The van der Waals surface area contributed by atoms with Gasteiger partial charge in [-0.3, -0.25) is 0 Å². The summed E-state index contributed by atoms with van der Waals surface area (Å²) in [5, 5.41) is 3.92. The summed E-state index contributed by atoms with van der Waals surface area (Å²) >= 11 is 47.0. The summed E-state index contributed by atoms with van der Waals surface area (Å²) in [6.07, 6.45) is 0. The van der Waals surface area contributed by atoms with Gasteiger partial charge in [-0.1, -0.05) is 92.8 Å². The molecule has 0 amide bonds. The van der Waals surface area contributed by atoms with Gasteiger partial charge in [-0.15, -0.1) is 0 Å². The number of hydrogen-bond donors (Lipinski definition) is 0. The Bertz CT molecular complexity index is 1170. The lowest BCUT2D eigenvalue weighted by atomic mass is 10.1. The van der Waals surface area contributed by atoms with Crippen LogP contribution in [0.4, 0.5) is 0 Å². The number of halogens is 8. The minimum atomic E-state index is 0.343. The largest absolute Gasteiger partial charge is 0.495 e. The second-order valence-electron chi connectivity index (χ2n) is 7.30. The lowest BCUT2D eigenvalue weighted by molar-refractivity contribution is 0.414. The highest BCUT2D eigenvalue weighted by molar-refractivity contribution is 6.49. The summed E-state index contributed by atoms with van der Waals surface area (Å²) < 4.78 is 15.0. The minimum Gasteiger partial charge on any atom is -0.495 e. The van der Waals surface area contributed by atoms with Crippen LogP contribution >= 0.6 is 92.8 Å². The van der Waals surface area contributed by atoms with E-state index in [0.29, 0.717) is 57.4 Å². The van der Waals surface area contributed by atoms with Crippen molar-refractivity contribution >= 4 is 92.8 Å². The van der Waals surface area contributed by atoms with Crippen molar-refractivity contribution in [2.75, 3.05) is 21.3 Å². The quantitative estimate of drug-likeness (QED) is 0.263. The Morgan fingerprint density at radius 3 is 1.39 bits per heavy atom. The first-order valence-corrected chi connectivity index (χ1v) is 13.1. The molecule has 3 nitrogen and oxygen atoms in total. The molecule has 0 aromatic heterocycles. The third-order valence-corrected chi connectivity index (χ3v) is 8.48. The van der Waals surface area contributed by atoms with Crippen LogP contribution in [0.3, 0.4) is 0 Å². The normalized spacial score (nSPS) is 10.1. The van der Waals surface area contributed by atoms with Gasteiger partial charge in [-0.25, -0.2) is 0 Å². The Kier molecular flexibility index (Phi) is 14.0. The highest BCUT2D eigenvalue weighted by atomic mass is 35.5. The smallest absolute Gasteiger partial charge is 0.156 e. The summed E-state index contributed by atoms with van der Waals surface area (Å²) in [6.45, 7) is 7.45. The number of ether oxygens (including phenoxy) is 3. The molecule has 198 valence electrons. The molecule has 0 saturated carbocycles. The van der Waals surface area contributed by atoms with Crippen LogP contribution in [0.1, 0.15) is 22.3 Å². The molecule has 0 radical (unpaired) electrons. The molecular weight excluding hydrogens is 632 g/mol. The van der Waals surface area contributed by atoms with Gasteiger partial charge in [0, 0.05) is 10.0 Å². The van der Waals surface area contributed by atoms with Gasteiger partial charge in [0.1, 0.15) is 16.5 Å². The molecule has 0 atom stereocenters. The van der Waals surface area contributed by atoms with E-state index in [1.807, 2.05) is 33.8 Å². The zero-order valence-electron chi connectivity index (χ0n) is 20.5.